The number of thiazole rings is 1. The van der Waals surface area contributed by atoms with Gasteiger partial charge in [0.25, 0.3) is 5.95 Å². The average molecular weight is 308 g/mol. The van der Waals surface area contributed by atoms with Crippen LogP contribution in [0.1, 0.15) is 18.0 Å². The van der Waals surface area contributed by atoms with Gasteiger partial charge < -0.3 is 20.1 Å². The van der Waals surface area contributed by atoms with E-state index < -0.39 is 0 Å². The van der Waals surface area contributed by atoms with E-state index in [0.29, 0.717) is 11.0 Å². The van der Waals surface area contributed by atoms with Gasteiger partial charge in [-0.05, 0) is 25.0 Å². The molecule has 0 bridgehead atoms. The third kappa shape index (κ3) is 3.70. The number of aryl methyl sites for hydroxylation is 2. The maximum absolute atomic E-state index is 5.61. The monoisotopic (exact) mass is 308 g/mol. The number of hydrogen-bond donors (Lipinski definition) is 1. The van der Waals surface area contributed by atoms with Gasteiger partial charge in [-0.25, -0.2) is 4.98 Å². The molecule has 0 radical (unpaired) electrons. The van der Waals surface area contributed by atoms with Crippen LogP contribution in [0.5, 0.6) is 0 Å². The number of nitrogens with zero attached hydrogens (tertiary/aromatic N) is 5. The minimum Gasteiger partial charge on any atom is -0.375 e. The van der Waals surface area contributed by atoms with E-state index in [1.807, 2.05) is 5.38 Å². The lowest BCUT2D eigenvalue weighted by molar-refractivity contribution is 0.308. The molecule has 3 heterocycles. The first-order chi connectivity index (χ1) is 10.2. The predicted octanol–water partition coefficient (Wildman–Crippen LogP) is 1.04. The molecule has 1 aliphatic rings. The fourth-order valence-corrected chi connectivity index (χ4v) is 2.94. The van der Waals surface area contributed by atoms with E-state index in [4.69, 9.17) is 10.3 Å². The number of anilines is 2. The van der Waals surface area contributed by atoms with Crippen LogP contribution in [0.15, 0.2) is 9.90 Å². The first-order valence-electron chi connectivity index (χ1n) is 7.16. The van der Waals surface area contributed by atoms with Crippen LogP contribution in [0.4, 0.5) is 11.1 Å². The minimum absolute atomic E-state index is 0.625. The summed E-state index contributed by atoms with van der Waals surface area (Å²) < 4.78 is 5.33. The minimum atomic E-state index is 0.625. The lowest BCUT2D eigenvalue weighted by atomic mass is 10.2. The smallest absolute Gasteiger partial charge is 0.266 e. The molecule has 21 heavy (non-hydrogen) atoms. The molecule has 1 fully saturated rings. The summed E-state index contributed by atoms with van der Waals surface area (Å²) in [5, 5.41) is 6.71. The summed E-state index contributed by atoms with van der Waals surface area (Å²) in [6, 6.07) is 0. The fraction of sp³-hybridized carbons (Fsp3) is 0.615. The number of piperazine rings is 1. The van der Waals surface area contributed by atoms with E-state index in [1.165, 1.54) is 11.3 Å². The highest BCUT2D eigenvalue weighted by molar-refractivity contribution is 7.13. The predicted molar refractivity (Wildman–Crippen MR) is 82.6 cm³/mol. The quantitative estimate of drug-likeness (QED) is 0.883. The first-order valence-corrected chi connectivity index (χ1v) is 8.04. The molecule has 1 aliphatic heterocycles. The van der Waals surface area contributed by atoms with Crippen molar-refractivity contribution in [1.29, 1.82) is 0 Å². The zero-order chi connectivity index (χ0) is 14.7. The molecule has 2 aromatic heterocycles. The summed E-state index contributed by atoms with van der Waals surface area (Å²) in [5.74, 6) is 1.42. The number of hydrogen-bond acceptors (Lipinski definition) is 8. The summed E-state index contributed by atoms with van der Waals surface area (Å²) in [6.45, 7) is 3.98. The number of nitrogens with two attached hydrogens (primary N) is 1. The Morgan fingerprint density at radius 2 is 2.05 bits per heavy atom. The van der Waals surface area contributed by atoms with Crippen molar-refractivity contribution in [3.63, 3.8) is 0 Å². The molecule has 0 amide bonds. The molecule has 0 unspecified atom stereocenters. The molecule has 3 rings (SSSR count). The number of likely N-dealkylation sites (N-methyl/N-ethyl adjacent to an activating group) is 1. The van der Waals surface area contributed by atoms with Gasteiger partial charge >= 0.3 is 0 Å². The molecule has 0 aromatic carbocycles. The summed E-state index contributed by atoms with van der Waals surface area (Å²) >= 11 is 1.48. The van der Waals surface area contributed by atoms with Gasteiger partial charge in [0.1, 0.15) is 0 Å². The Balaban J connectivity index is 1.48. The Labute approximate surface area is 127 Å². The fourth-order valence-electron chi connectivity index (χ4n) is 2.34. The molecule has 2 N–H and O–H groups in total. The van der Waals surface area contributed by atoms with Crippen molar-refractivity contribution in [2.45, 2.75) is 19.3 Å². The highest BCUT2D eigenvalue weighted by atomic mass is 32.1. The van der Waals surface area contributed by atoms with Gasteiger partial charge in [0, 0.05) is 38.0 Å². The van der Waals surface area contributed by atoms with Crippen LogP contribution in [0.25, 0.3) is 0 Å². The van der Waals surface area contributed by atoms with Crippen molar-refractivity contribution in [3.8, 4) is 0 Å². The normalized spacial score (nSPS) is 16.5. The second-order valence-electron chi connectivity index (χ2n) is 5.31. The third-order valence-electron chi connectivity index (χ3n) is 3.64. The van der Waals surface area contributed by atoms with Crippen molar-refractivity contribution < 1.29 is 4.52 Å². The molecule has 0 spiro atoms. The molecular weight excluding hydrogens is 288 g/mol. The largest absolute Gasteiger partial charge is 0.375 e. The van der Waals surface area contributed by atoms with Crippen LogP contribution in [0.3, 0.4) is 0 Å². The van der Waals surface area contributed by atoms with Crippen LogP contribution in [-0.2, 0) is 12.8 Å². The Morgan fingerprint density at radius 1 is 1.24 bits per heavy atom. The molecule has 7 nitrogen and oxygen atoms in total. The van der Waals surface area contributed by atoms with E-state index in [1.54, 1.807) is 0 Å². The zero-order valence-corrected chi connectivity index (χ0v) is 13.0. The van der Waals surface area contributed by atoms with E-state index >= 15 is 0 Å². The molecule has 0 aliphatic carbocycles. The van der Waals surface area contributed by atoms with Gasteiger partial charge in [-0.2, -0.15) is 4.98 Å². The number of rotatable bonds is 5. The topological polar surface area (TPSA) is 84.3 Å². The lowest BCUT2D eigenvalue weighted by Gasteiger charge is -2.31. The highest BCUT2D eigenvalue weighted by Gasteiger charge is 2.18. The third-order valence-corrected chi connectivity index (χ3v) is 4.36. The number of nitrogen functional groups attached to an aromatic ring is 1. The van der Waals surface area contributed by atoms with Gasteiger partial charge in [-0.3, -0.25) is 0 Å². The van der Waals surface area contributed by atoms with Crippen LogP contribution in [-0.4, -0.2) is 53.3 Å². The Morgan fingerprint density at radius 3 is 2.76 bits per heavy atom. The van der Waals surface area contributed by atoms with Crippen LogP contribution in [0, 0.1) is 0 Å². The summed E-state index contributed by atoms with van der Waals surface area (Å²) in [4.78, 5) is 13.2. The van der Waals surface area contributed by atoms with Crippen molar-refractivity contribution in [2.24, 2.45) is 0 Å². The van der Waals surface area contributed by atoms with Gasteiger partial charge in [-0.15, -0.1) is 11.3 Å². The summed E-state index contributed by atoms with van der Waals surface area (Å²) in [7, 11) is 2.13. The van der Waals surface area contributed by atoms with Crippen molar-refractivity contribution in [2.75, 3.05) is 43.9 Å². The SMILES string of the molecule is CN1CCN(c2noc(CCCc3csc(N)n3)n2)CC1. The van der Waals surface area contributed by atoms with E-state index in [9.17, 15) is 0 Å². The highest BCUT2D eigenvalue weighted by Crippen LogP contribution is 2.15. The van der Waals surface area contributed by atoms with Gasteiger partial charge in [0.15, 0.2) is 5.13 Å². The maximum Gasteiger partial charge on any atom is 0.266 e. The standard InChI is InChI=1S/C13H20N6OS/c1-18-5-7-19(8-6-18)13-16-11(20-17-13)4-2-3-10-9-21-12(14)15-10/h9H,2-8H2,1H3,(H2,14,15). The van der Waals surface area contributed by atoms with E-state index in [2.05, 4.69) is 32.0 Å². The molecule has 0 saturated carbocycles. The first kappa shape index (κ1) is 14.3. The molecular formula is C13H20N6OS. The number of aromatic nitrogens is 3. The second-order valence-corrected chi connectivity index (χ2v) is 6.20. The summed E-state index contributed by atoms with van der Waals surface area (Å²) in [5.41, 5.74) is 6.65. The van der Waals surface area contributed by atoms with Crippen LogP contribution < -0.4 is 10.6 Å². The van der Waals surface area contributed by atoms with Crippen molar-refractivity contribution in [3.05, 3.63) is 17.0 Å². The molecule has 8 heteroatoms. The Hall–Kier alpha value is -1.67. The van der Waals surface area contributed by atoms with Gasteiger partial charge in [0.05, 0.1) is 5.69 Å². The molecule has 1 saturated heterocycles. The van der Waals surface area contributed by atoms with E-state index in [0.717, 1.165) is 57.1 Å². The van der Waals surface area contributed by atoms with Gasteiger partial charge in [-0.1, -0.05) is 0 Å². The lowest BCUT2D eigenvalue weighted by Crippen LogP contribution is -2.44. The Bertz CT molecular complexity index is 575. The average Bonchev–Trinajstić information content (AvgIpc) is 3.09. The second kappa shape index (κ2) is 6.40. The molecule has 2 aromatic rings. The van der Waals surface area contributed by atoms with E-state index in [-0.39, 0.29) is 0 Å². The zero-order valence-electron chi connectivity index (χ0n) is 12.2. The molecule has 0 atom stereocenters. The summed E-state index contributed by atoms with van der Waals surface area (Å²) in [6.07, 6.45) is 2.60. The maximum atomic E-state index is 5.61. The van der Waals surface area contributed by atoms with Gasteiger partial charge in [0.2, 0.25) is 5.89 Å². The van der Waals surface area contributed by atoms with Crippen molar-refractivity contribution in [1.82, 2.24) is 20.0 Å². The molecule has 114 valence electrons. The Kier molecular flexibility index (Phi) is 4.35. The van der Waals surface area contributed by atoms with Crippen molar-refractivity contribution >= 4 is 22.4 Å². The van der Waals surface area contributed by atoms with Crippen LogP contribution in [0.2, 0.25) is 0 Å². The van der Waals surface area contributed by atoms with Crippen LogP contribution >= 0.6 is 11.3 Å².